The van der Waals surface area contributed by atoms with Gasteiger partial charge >= 0.3 is 0 Å². The lowest BCUT2D eigenvalue weighted by Crippen LogP contribution is -2.31. The zero-order chi connectivity index (χ0) is 25.0. The van der Waals surface area contributed by atoms with Crippen molar-refractivity contribution in [2.45, 2.75) is 51.9 Å². The molecule has 4 aromatic rings. The molecule has 4 heteroatoms. The van der Waals surface area contributed by atoms with E-state index in [0.717, 1.165) is 47.9 Å². The monoisotopic (exact) mass is 495 g/mol. The number of ketones is 1. The maximum absolute atomic E-state index is 13.9. The summed E-state index contributed by atoms with van der Waals surface area (Å²) in [5.41, 5.74) is 4.85. The summed E-state index contributed by atoms with van der Waals surface area (Å²) in [6.45, 7) is 3.10. The highest BCUT2D eigenvalue weighted by Gasteiger charge is 2.26. The van der Waals surface area contributed by atoms with Crippen LogP contribution in [0.1, 0.15) is 53.4 Å². The Balaban J connectivity index is 1.62. The number of rotatable bonds is 13. The molecule has 0 radical (unpaired) electrons. The van der Waals surface area contributed by atoms with E-state index in [1.165, 1.54) is 11.3 Å². The van der Waals surface area contributed by atoms with Crippen LogP contribution >= 0.6 is 11.3 Å². The van der Waals surface area contributed by atoms with Gasteiger partial charge < -0.3 is 4.74 Å². The van der Waals surface area contributed by atoms with Gasteiger partial charge in [0.15, 0.2) is 0 Å². The molecule has 4 rings (SSSR count). The Labute approximate surface area is 218 Å². The standard InChI is InChI=1S/C32H33NO2S/c1-2-3-7-20-29(35-23-26-16-10-5-11-17-26)31(33-22-25-14-8-4-9-15-25)32(34)30-21-28(24-36-30)27-18-12-6-13-19-27/h4-6,8-19,21,24,29H,2-3,7,20,22-23H2,1H3. The van der Waals surface area contributed by atoms with Gasteiger partial charge in [0.1, 0.15) is 11.8 Å². The number of ether oxygens (including phenoxy) is 1. The molecule has 0 bridgehead atoms. The summed E-state index contributed by atoms with van der Waals surface area (Å²) >= 11 is 1.48. The average molecular weight is 496 g/mol. The molecule has 0 aliphatic carbocycles. The van der Waals surface area contributed by atoms with E-state index < -0.39 is 0 Å². The molecule has 184 valence electrons. The van der Waals surface area contributed by atoms with Crippen molar-refractivity contribution in [3.05, 3.63) is 118 Å². The summed E-state index contributed by atoms with van der Waals surface area (Å²) < 4.78 is 6.41. The third kappa shape index (κ3) is 7.33. The van der Waals surface area contributed by atoms with Gasteiger partial charge in [-0.25, -0.2) is 0 Å². The van der Waals surface area contributed by atoms with E-state index in [1.807, 2.05) is 78.2 Å². The SMILES string of the molecule is CCCCCC(OCc1ccccc1)C(=NCc1ccccc1)C(=O)c1cc(-c2ccccc2)cs1. The van der Waals surface area contributed by atoms with Gasteiger partial charge in [0.05, 0.1) is 18.0 Å². The number of carbonyl (C=O) groups excluding carboxylic acids is 1. The number of hydrogen-bond acceptors (Lipinski definition) is 4. The highest BCUT2D eigenvalue weighted by Crippen LogP contribution is 2.27. The molecule has 3 nitrogen and oxygen atoms in total. The fraction of sp³-hybridized carbons (Fsp3) is 0.250. The van der Waals surface area contributed by atoms with Crippen molar-refractivity contribution in [3.63, 3.8) is 0 Å². The fourth-order valence-electron chi connectivity index (χ4n) is 4.09. The van der Waals surface area contributed by atoms with Crippen LogP contribution in [-0.4, -0.2) is 17.6 Å². The van der Waals surface area contributed by atoms with Gasteiger partial charge in [0.25, 0.3) is 0 Å². The molecule has 0 N–H and O–H groups in total. The number of carbonyl (C=O) groups is 1. The first-order valence-corrected chi connectivity index (χ1v) is 13.5. The highest BCUT2D eigenvalue weighted by molar-refractivity contribution is 7.13. The molecule has 36 heavy (non-hydrogen) atoms. The second kappa shape index (κ2) is 13.7. The largest absolute Gasteiger partial charge is 0.367 e. The van der Waals surface area contributed by atoms with Gasteiger partial charge in [-0.15, -0.1) is 11.3 Å². The first kappa shape index (κ1) is 25.7. The molecule has 0 amide bonds. The molecule has 1 unspecified atom stereocenters. The summed E-state index contributed by atoms with van der Waals surface area (Å²) in [5.74, 6) is -0.0346. The minimum absolute atomic E-state index is 0.0346. The Kier molecular flexibility index (Phi) is 9.78. The minimum atomic E-state index is -0.352. The summed E-state index contributed by atoms with van der Waals surface area (Å²) in [5, 5.41) is 2.05. The highest BCUT2D eigenvalue weighted by atomic mass is 32.1. The Bertz CT molecular complexity index is 1230. The third-order valence-electron chi connectivity index (χ3n) is 6.11. The minimum Gasteiger partial charge on any atom is -0.367 e. The van der Waals surface area contributed by atoms with E-state index in [2.05, 4.69) is 31.2 Å². The molecule has 1 atom stereocenters. The van der Waals surface area contributed by atoms with Crippen LogP contribution in [0, 0.1) is 0 Å². The topological polar surface area (TPSA) is 38.7 Å². The lowest BCUT2D eigenvalue weighted by atomic mass is 10.0. The van der Waals surface area contributed by atoms with Crippen molar-refractivity contribution < 1.29 is 9.53 Å². The van der Waals surface area contributed by atoms with Gasteiger partial charge in [-0.2, -0.15) is 0 Å². The molecule has 1 aromatic heterocycles. The molecule has 0 aliphatic heterocycles. The molecule has 1 heterocycles. The number of nitrogens with zero attached hydrogens (tertiary/aromatic N) is 1. The van der Waals surface area contributed by atoms with E-state index in [4.69, 9.17) is 9.73 Å². The summed E-state index contributed by atoms with van der Waals surface area (Å²) in [6, 6.07) is 32.4. The van der Waals surface area contributed by atoms with E-state index in [0.29, 0.717) is 23.7 Å². The Morgan fingerprint density at radius 1 is 0.833 bits per heavy atom. The van der Waals surface area contributed by atoms with Crippen LogP contribution in [0.4, 0.5) is 0 Å². The first-order chi connectivity index (χ1) is 17.7. The van der Waals surface area contributed by atoms with Crippen LogP contribution in [-0.2, 0) is 17.9 Å². The number of aliphatic imine (C=N–C) groups is 1. The molecule has 0 saturated heterocycles. The smallest absolute Gasteiger partial charge is 0.219 e. The van der Waals surface area contributed by atoms with E-state index in [-0.39, 0.29) is 11.9 Å². The van der Waals surface area contributed by atoms with E-state index in [1.54, 1.807) is 0 Å². The number of Topliss-reactive ketones (excluding diaryl/α,β-unsaturated/α-hetero) is 1. The predicted octanol–water partition coefficient (Wildman–Crippen LogP) is 8.40. The molecule has 0 aliphatic rings. The van der Waals surface area contributed by atoms with Gasteiger partial charge in [0.2, 0.25) is 5.78 Å². The summed E-state index contributed by atoms with van der Waals surface area (Å²) in [6.07, 6.45) is 3.63. The second-order valence-corrected chi connectivity index (χ2v) is 9.77. The van der Waals surface area contributed by atoms with Crippen LogP contribution in [0.2, 0.25) is 0 Å². The second-order valence-electron chi connectivity index (χ2n) is 8.86. The van der Waals surface area contributed by atoms with E-state index >= 15 is 0 Å². The average Bonchev–Trinajstić information content (AvgIpc) is 3.43. The molecule has 3 aromatic carbocycles. The predicted molar refractivity (Wildman–Crippen MR) is 151 cm³/mol. The summed E-state index contributed by atoms with van der Waals surface area (Å²) in [7, 11) is 0. The van der Waals surface area contributed by atoms with Gasteiger partial charge in [-0.05, 0) is 40.1 Å². The lowest BCUT2D eigenvalue weighted by molar-refractivity contribution is 0.0729. The fourth-order valence-corrected chi connectivity index (χ4v) is 4.96. The zero-order valence-electron chi connectivity index (χ0n) is 20.8. The first-order valence-electron chi connectivity index (χ1n) is 12.7. The van der Waals surface area contributed by atoms with Gasteiger partial charge in [0, 0.05) is 0 Å². The van der Waals surface area contributed by atoms with Crippen LogP contribution in [0.3, 0.4) is 0 Å². The van der Waals surface area contributed by atoms with Crippen molar-refractivity contribution in [1.82, 2.24) is 0 Å². The van der Waals surface area contributed by atoms with Crippen LogP contribution < -0.4 is 0 Å². The van der Waals surface area contributed by atoms with Gasteiger partial charge in [-0.1, -0.05) is 117 Å². The Morgan fingerprint density at radius 2 is 1.47 bits per heavy atom. The molecule has 0 spiro atoms. The van der Waals surface area contributed by atoms with Crippen LogP contribution in [0.5, 0.6) is 0 Å². The van der Waals surface area contributed by atoms with Crippen molar-refractivity contribution in [1.29, 1.82) is 0 Å². The number of thiophene rings is 1. The zero-order valence-corrected chi connectivity index (χ0v) is 21.6. The Morgan fingerprint density at radius 3 is 2.14 bits per heavy atom. The quantitative estimate of drug-likeness (QED) is 0.106. The van der Waals surface area contributed by atoms with Crippen molar-refractivity contribution in [3.8, 4) is 11.1 Å². The number of benzene rings is 3. The molecular weight excluding hydrogens is 462 g/mol. The van der Waals surface area contributed by atoms with Crippen LogP contribution in [0.15, 0.2) is 107 Å². The molecular formula is C32H33NO2S. The van der Waals surface area contributed by atoms with Crippen molar-refractivity contribution in [2.75, 3.05) is 0 Å². The normalized spacial score (nSPS) is 12.4. The number of hydrogen-bond donors (Lipinski definition) is 0. The lowest BCUT2D eigenvalue weighted by Gasteiger charge is -2.20. The molecule has 0 fully saturated rings. The number of unbranched alkanes of at least 4 members (excludes halogenated alkanes) is 2. The van der Waals surface area contributed by atoms with Crippen molar-refractivity contribution >= 4 is 22.8 Å². The maximum Gasteiger partial charge on any atom is 0.219 e. The van der Waals surface area contributed by atoms with Crippen molar-refractivity contribution in [2.24, 2.45) is 4.99 Å². The van der Waals surface area contributed by atoms with E-state index in [9.17, 15) is 4.79 Å². The van der Waals surface area contributed by atoms with Gasteiger partial charge in [-0.3, -0.25) is 9.79 Å². The molecule has 0 saturated carbocycles. The Hall–Kier alpha value is -3.34. The maximum atomic E-state index is 13.9. The summed E-state index contributed by atoms with van der Waals surface area (Å²) in [4.78, 5) is 19.5. The third-order valence-corrected chi connectivity index (χ3v) is 7.04. The van der Waals surface area contributed by atoms with Crippen LogP contribution in [0.25, 0.3) is 11.1 Å².